The van der Waals surface area contributed by atoms with Crippen LogP contribution in [0.3, 0.4) is 0 Å². The summed E-state index contributed by atoms with van der Waals surface area (Å²) in [5.41, 5.74) is 1.17. The summed E-state index contributed by atoms with van der Waals surface area (Å²) in [6.07, 6.45) is 6.52. The van der Waals surface area contributed by atoms with Gasteiger partial charge in [-0.25, -0.2) is 4.79 Å². The molecule has 1 aliphatic heterocycles. The van der Waals surface area contributed by atoms with Crippen LogP contribution < -0.4 is 5.32 Å². The molecule has 0 radical (unpaired) electrons. The number of unbranched alkanes of at least 4 members (excludes halogenated alkanes) is 2. The second kappa shape index (κ2) is 6.91. The number of carbonyl (C=O) groups is 1. The molecule has 0 atom stereocenters. The van der Waals surface area contributed by atoms with Crippen molar-refractivity contribution in [1.29, 1.82) is 0 Å². The first kappa shape index (κ1) is 15.0. The minimum atomic E-state index is -0.0938. The highest BCUT2D eigenvalue weighted by Gasteiger charge is 2.21. The molecule has 2 aromatic rings. The van der Waals surface area contributed by atoms with Gasteiger partial charge in [-0.05, 0) is 18.6 Å². The molecular weight excluding hydrogens is 298 g/mol. The van der Waals surface area contributed by atoms with Crippen LogP contribution in [0.25, 0.3) is 0 Å². The average molecular weight is 319 g/mol. The van der Waals surface area contributed by atoms with Crippen LogP contribution in [0.4, 0.5) is 9.93 Å². The smallest absolute Gasteiger partial charge is 0.324 e. The van der Waals surface area contributed by atoms with Gasteiger partial charge in [0.1, 0.15) is 5.01 Å². The second-order valence-corrected chi connectivity index (χ2v) is 6.56. The van der Waals surface area contributed by atoms with E-state index in [1.165, 1.54) is 29.9 Å². The third-order valence-corrected chi connectivity index (χ3v) is 4.75. The first-order valence-corrected chi connectivity index (χ1v) is 8.60. The summed E-state index contributed by atoms with van der Waals surface area (Å²) in [7, 11) is 0. The third kappa shape index (κ3) is 3.47. The number of urea groups is 1. The van der Waals surface area contributed by atoms with Gasteiger partial charge < -0.3 is 9.47 Å². The minimum Gasteiger partial charge on any atom is -0.348 e. The zero-order valence-corrected chi connectivity index (χ0v) is 13.6. The van der Waals surface area contributed by atoms with Gasteiger partial charge in [0.25, 0.3) is 0 Å². The zero-order valence-electron chi connectivity index (χ0n) is 12.8. The van der Waals surface area contributed by atoms with E-state index in [2.05, 4.69) is 39.3 Å². The number of hydrogen-bond donors (Lipinski definition) is 1. The number of carbonyl (C=O) groups excluding carboxylic acids is 1. The monoisotopic (exact) mass is 319 g/mol. The topological polar surface area (TPSA) is 63.1 Å². The lowest BCUT2D eigenvalue weighted by Gasteiger charge is -2.28. The molecule has 22 heavy (non-hydrogen) atoms. The first-order chi connectivity index (χ1) is 10.8. The Labute approximate surface area is 134 Å². The standard InChI is InChI=1S/C15H21N5OS/c1-2-3-4-7-13-17-18-14(22-13)16-15(21)20-10-9-19-8-5-6-12(19)11-20/h5-6,8H,2-4,7,9-11H2,1H3,(H,16,18,21). The van der Waals surface area contributed by atoms with Crippen LogP contribution >= 0.6 is 11.3 Å². The molecule has 0 aliphatic carbocycles. The summed E-state index contributed by atoms with van der Waals surface area (Å²) in [6, 6.07) is 3.98. The van der Waals surface area contributed by atoms with E-state index in [1.54, 1.807) is 0 Å². The van der Waals surface area contributed by atoms with Crippen molar-refractivity contribution in [1.82, 2.24) is 19.7 Å². The van der Waals surface area contributed by atoms with Crippen molar-refractivity contribution in [3.63, 3.8) is 0 Å². The van der Waals surface area contributed by atoms with Crippen molar-refractivity contribution in [2.24, 2.45) is 0 Å². The maximum Gasteiger partial charge on any atom is 0.324 e. The fourth-order valence-electron chi connectivity index (χ4n) is 2.59. The van der Waals surface area contributed by atoms with E-state index in [4.69, 9.17) is 0 Å². The molecule has 0 saturated carbocycles. The molecule has 0 saturated heterocycles. The average Bonchev–Trinajstić information content (AvgIpc) is 3.15. The Bertz CT molecular complexity index is 635. The molecule has 7 heteroatoms. The van der Waals surface area contributed by atoms with E-state index in [0.717, 1.165) is 30.9 Å². The van der Waals surface area contributed by atoms with Crippen LogP contribution in [0.2, 0.25) is 0 Å². The lowest BCUT2D eigenvalue weighted by Crippen LogP contribution is -2.40. The minimum absolute atomic E-state index is 0.0938. The molecule has 1 aliphatic rings. The summed E-state index contributed by atoms with van der Waals surface area (Å²) >= 11 is 1.48. The van der Waals surface area contributed by atoms with E-state index in [-0.39, 0.29) is 6.03 Å². The van der Waals surface area contributed by atoms with Gasteiger partial charge in [0, 0.05) is 31.4 Å². The highest BCUT2D eigenvalue weighted by molar-refractivity contribution is 7.15. The summed E-state index contributed by atoms with van der Waals surface area (Å²) in [5, 5.41) is 12.7. The Kier molecular flexibility index (Phi) is 4.72. The van der Waals surface area contributed by atoms with Crippen LogP contribution in [0.5, 0.6) is 0 Å². The van der Waals surface area contributed by atoms with Gasteiger partial charge in [-0.1, -0.05) is 31.1 Å². The zero-order chi connectivity index (χ0) is 15.4. The van der Waals surface area contributed by atoms with Gasteiger partial charge in [-0.15, -0.1) is 10.2 Å². The predicted molar refractivity (Wildman–Crippen MR) is 87.0 cm³/mol. The van der Waals surface area contributed by atoms with Gasteiger partial charge in [-0.2, -0.15) is 0 Å². The Hall–Kier alpha value is -1.89. The van der Waals surface area contributed by atoms with E-state index in [0.29, 0.717) is 11.7 Å². The molecule has 118 valence electrons. The quantitative estimate of drug-likeness (QED) is 0.861. The number of nitrogens with zero attached hydrogens (tertiary/aromatic N) is 4. The fourth-order valence-corrected chi connectivity index (χ4v) is 3.36. The number of fused-ring (bicyclic) bond motifs is 1. The number of aryl methyl sites for hydroxylation is 1. The maximum atomic E-state index is 12.3. The lowest BCUT2D eigenvalue weighted by atomic mass is 10.2. The first-order valence-electron chi connectivity index (χ1n) is 7.78. The van der Waals surface area contributed by atoms with Gasteiger partial charge >= 0.3 is 6.03 Å². The number of nitrogens with one attached hydrogen (secondary N) is 1. The summed E-state index contributed by atoms with van der Waals surface area (Å²) in [4.78, 5) is 14.1. The van der Waals surface area contributed by atoms with Crippen LogP contribution in [0.1, 0.15) is 36.9 Å². The molecule has 0 bridgehead atoms. The number of hydrogen-bond acceptors (Lipinski definition) is 4. The molecule has 1 N–H and O–H groups in total. The Morgan fingerprint density at radius 2 is 2.27 bits per heavy atom. The van der Waals surface area contributed by atoms with Crippen LogP contribution in [0, 0.1) is 0 Å². The molecule has 0 unspecified atom stereocenters. The van der Waals surface area contributed by atoms with Crippen molar-refractivity contribution >= 4 is 22.5 Å². The Balaban J connectivity index is 1.54. The van der Waals surface area contributed by atoms with E-state index < -0.39 is 0 Å². The third-order valence-electron chi connectivity index (χ3n) is 3.85. The molecule has 3 heterocycles. The van der Waals surface area contributed by atoms with Gasteiger partial charge in [0.15, 0.2) is 0 Å². The van der Waals surface area contributed by atoms with Gasteiger partial charge in [0.2, 0.25) is 5.13 Å². The summed E-state index contributed by atoms with van der Waals surface area (Å²) in [5.74, 6) is 0. The molecule has 0 spiro atoms. The summed E-state index contributed by atoms with van der Waals surface area (Å²) < 4.78 is 2.18. The van der Waals surface area contributed by atoms with E-state index in [9.17, 15) is 4.79 Å². The lowest BCUT2D eigenvalue weighted by molar-refractivity contribution is 0.197. The Morgan fingerprint density at radius 1 is 1.36 bits per heavy atom. The normalized spacial score (nSPS) is 14.0. The highest BCUT2D eigenvalue weighted by Crippen LogP contribution is 2.19. The SMILES string of the molecule is CCCCCc1nnc(NC(=O)N2CCn3cccc3C2)s1. The molecule has 3 rings (SSSR count). The van der Waals surface area contributed by atoms with E-state index in [1.807, 2.05) is 11.0 Å². The molecule has 2 amide bonds. The Morgan fingerprint density at radius 3 is 3.14 bits per heavy atom. The number of rotatable bonds is 5. The number of anilines is 1. The molecule has 2 aromatic heterocycles. The van der Waals surface area contributed by atoms with Crippen molar-refractivity contribution in [2.75, 3.05) is 11.9 Å². The fraction of sp³-hybridized carbons (Fsp3) is 0.533. The maximum absolute atomic E-state index is 12.3. The molecule has 0 aromatic carbocycles. The molecule has 0 fully saturated rings. The van der Waals surface area contributed by atoms with Crippen molar-refractivity contribution in [2.45, 2.75) is 45.7 Å². The number of amides is 2. The van der Waals surface area contributed by atoms with Crippen molar-refractivity contribution < 1.29 is 4.79 Å². The van der Waals surface area contributed by atoms with Gasteiger partial charge in [-0.3, -0.25) is 5.32 Å². The molecular formula is C15H21N5OS. The van der Waals surface area contributed by atoms with E-state index >= 15 is 0 Å². The largest absolute Gasteiger partial charge is 0.348 e. The van der Waals surface area contributed by atoms with Crippen molar-refractivity contribution in [3.8, 4) is 0 Å². The van der Waals surface area contributed by atoms with Gasteiger partial charge in [0.05, 0.1) is 6.54 Å². The highest BCUT2D eigenvalue weighted by atomic mass is 32.1. The second-order valence-electron chi connectivity index (χ2n) is 5.50. The van der Waals surface area contributed by atoms with Crippen LogP contribution in [-0.2, 0) is 19.5 Å². The molecule has 6 nitrogen and oxygen atoms in total. The summed E-state index contributed by atoms with van der Waals surface area (Å²) in [6.45, 7) is 4.38. The van der Waals surface area contributed by atoms with Crippen LogP contribution in [-0.4, -0.2) is 32.2 Å². The number of aromatic nitrogens is 3. The predicted octanol–water partition coefficient (Wildman–Crippen LogP) is 3.12. The van der Waals surface area contributed by atoms with Crippen LogP contribution in [0.15, 0.2) is 18.3 Å². The van der Waals surface area contributed by atoms with Crippen molar-refractivity contribution in [3.05, 3.63) is 29.0 Å².